The van der Waals surface area contributed by atoms with Crippen molar-refractivity contribution < 1.29 is 4.39 Å². The van der Waals surface area contributed by atoms with Crippen LogP contribution in [0.4, 0.5) is 10.2 Å². The van der Waals surface area contributed by atoms with Gasteiger partial charge < -0.3 is 4.90 Å². The maximum Gasteiger partial charge on any atom is 0.128 e. The lowest BCUT2D eigenvalue weighted by Gasteiger charge is -2.16. The fraction of sp³-hybridized carbons (Fsp3) is 0.583. The molecule has 1 aromatic heterocycles. The van der Waals surface area contributed by atoms with E-state index in [0.29, 0.717) is 18.9 Å². The minimum absolute atomic E-state index is 0.494. The maximum atomic E-state index is 13.0. The van der Waals surface area contributed by atoms with Gasteiger partial charge in [-0.1, -0.05) is 19.9 Å². The van der Waals surface area contributed by atoms with Crippen LogP contribution in [-0.4, -0.2) is 24.2 Å². The summed E-state index contributed by atoms with van der Waals surface area (Å²) in [5.41, 5.74) is 1.23. The van der Waals surface area contributed by atoms with Crippen molar-refractivity contribution in [1.29, 1.82) is 0 Å². The first-order valence-corrected chi connectivity index (χ1v) is 5.52. The summed E-state index contributed by atoms with van der Waals surface area (Å²) in [6, 6.07) is 4.08. The van der Waals surface area contributed by atoms with Gasteiger partial charge >= 0.3 is 0 Å². The van der Waals surface area contributed by atoms with Crippen LogP contribution in [-0.2, 0) is 0 Å². The average Bonchev–Trinajstić information content (AvgIpc) is 2.65. The summed E-state index contributed by atoms with van der Waals surface area (Å²) in [4.78, 5) is 6.38. The highest BCUT2D eigenvalue weighted by Gasteiger charge is 2.22. The molecule has 2 nitrogen and oxygen atoms in total. The van der Waals surface area contributed by atoms with Crippen LogP contribution >= 0.6 is 0 Å². The van der Waals surface area contributed by atoms with Gasteiger partial charge in [0, 0.05) is 12.7 Å². The molecule has 0 amide bonds. The molecule has 2 heterocycles. The molecule has 3 heteroatoms. The van der Waals surface area contributed by atoms with Gasteiger partial charge in [-0.05, 0) is 24.0 Å². The zero-order chi connectivity index (χ0) is 10.8. The van der Waals surface area contributed by atoms with E-state index in [-0.39, 0.29) is 0 Å². The maximum absolute atomic E-state index is 13.0. The van der Waals surface area contributed by atoms with Gasteiger partial charge in [-0.25, -0.2) is 9.37 Å². The van der Waals surface area contributed by atoms with E-state index in [2.05, 4.69) is 24.9 Å². The van der Waals surface area contributed by atoms with E-state index in [1.54, 1.807) is 0 Å². The Labute approximate surface area is 90.1 Å². The summed E-state index contributed by atoms with van der Waals surface area (Å²) in [7, 11) is 0. The van der Waals surface area contributed by atoms with Crippen molar-refractivity contribution in [3.63, 3.8) is 0 Å². The highest BCUT2D eigenvalue weighted by atomic mass is 19.1. The molecule has 1 aliphatic heterocycles. The predicted molar refractivity (Wildman–Crippen MR) is 60.1 cm³/mol. The van der Waals surface area contributed by atoms with Crippen LogP contribution < -0.4 is 4.90 Å². The molecule has 1 aliphatic rings. The summed E-state index contributed by atoms with van der Waals surface area (Å²) in [6.07, 6.45) is 1.84. The Kier molecular flexibility index (Phi) is 2.89. The van der Waals surface area contributed by atoms with Crippen LogP contribution in [0.25, 0.3) is 0 Å². The number of hydrogen-bond donors (Lipinski definition) is 0. The summed E-state index contributed by atoms with van der Waals surface area (Å²) < 4.78 is 13.0. The van der Waals surface area contributed by atoms with Crippen LogP contribution in [0, 0.1) is 0 Å². The van der Waals surface area contributed by atoms with E-state index in [4.69, 9.17) is 0 Å². The van der Waals surface area contributed by atoms with Crippen LogP contribution in [0.3, 0.4) is 0 Å². The first kappa shape index (κ1) is 10.4. The lowest BCUT2D eigenvalue weighted by Crippen LogP contribution is -2.20. The Morgan fingerprint density at radius 2 is 2.27 bits per heavy atom. The van der Waals surface area contributed by atoms with Crippen molar-refractivity contribution in [3.8, 4) is 0 Å². The second-order valence-electron chi connectivity index (χ2n) is 4.44. The second kappa shape index (κ2) is 4.17. The number of hydrogen-bond acceptors (Lipinski definition) is 2. The normalized spacial score (nSPS) is 21.3. The molecule has 0 spiro atoms. The Hall–Kier alpha value is -1.12. The smallest absolute Gasteiger partial charge is 0.128 e. The molecule has 0 radical (unpaired) electrons. The van der Waals surface area contributed by atoms with Crippen LogP contribution in [0.5, 0.6) is 0 Å². The predicted octanol–water partition coefficient (Wildman–Crippen LogP) is 2.75. The van der Waals surface area contributed by atoms with E-state index in [1.165, 1.54) is 5.56 Å². The molecule has 0 unspecified atom stereocenters. The molecule has 82 valence electrons. The van der Waals surface area contributed by atoms with Crippen molar-refractivity contribution in [2.75, 3.05) is 18.0 Å². The number of alkyl halides is 1. The largest absolute Gasteiger partial charge is 0.354 e. The van der Waals surface area contributed by atoms with Gasteiger partial charge in [0.2, 0.25) is 0 Å². The third kappa shape index (κ3) is 2.28. The second-order valence-corrected chi connectivity index (χ2v) is 4.44. The van der Waals surface area contributed by atoms with Crippen LogP contribution in [0.1, 0.15) is 31.7 Å². The van der Waals surface area contributed by atoms with E-state index >= 15 is 0 Å². The Bertz CT molecular complexity index is 321. The van der Waals surface area contributed by atoms with Gasteiger partial charge in [-0.3, -0.25) is 0 Å². The molecule has 0 aliphatic carbocycles. The average molecular weight is 208 g/mol. The summed E-state index contributed by atoms with van der Waals surface area (Å²) >= 11 is 0. The fourth-order valence-electron chi connectivity index (χ4n) is 1.85. The molecule has 1 atom stereocenters. The number of rotatable bonds is 2. The highest BCUT2D eigenvalue weighted by Crippen LogP contribution is 2.21. The van der Waals surface area contributed by atoms with Crippen molar-refractivity contribution >= 4 is 5.82 Å². The number of aromatic nitrogens is 1. The van der Waals surface area contributed by atoms with Crippen molar-refractivity contribution in [1.82, 2.24) is 4.98 Å². The minimum atomic E-state index is -0.684. The molecule has 1 aromatic rings. The lowest BCUT2D eigenvalue weighted by molar-refractivity contribution is 0.364. The quantitative estimate of drug-likeness (QED) is 0.743. The number of anilines is 1. The molecule has 0 aromatic carbocycles. The lowest BCUT2D eigenvalue weighted by atomic mass is 10.1. The first-order chi connectivity index (χ1) is 7.16. The molecule has 0 saturated carbocycles. The van der Waals surface area contributed by atoms with Gasteiger partial charge in [-0.15, -0.1) is 0 Å². The summed E-state index contributed by atoms with van der Waals surface area (Å²) in [6.45, 7) is 5.57. The van der Waals surface area contributed by atoms with Crippen molar-refractivity contribution in [3.05, 3.63) is 23.9 Å². The Balaban J connectivity index is 2.10. The third-order valence-electron chi connectivity index (χ3n) is 2.89. The first-order valence-electron chi connectivity index (χ1n) is 5.52. The molecular formula is C12H17FN2. The molecule has 0 bridgehead atoms. The fourth-order valence-corrected chi connectivity index (χ4v) is 1.85. The molecule has 15 heavy (non-hydrogen) atoms. The standard InChI is InChI=1S/C12H17FN2/c1-9(2)10-3-4-12(14-7-10)15-6-5-11(13)8-15/h3-4,7,9,11H,5-6,8H2,1-2H3/t11-/m0/s1. The van der Waals surface area contributed by atoms with Crippen LogP contribution in [0.15, 0.2) is 18.3 Å². The SMILES string of the molecule is CC(C)c1ccc(N2CC[C@H](F)C2)nc1. The van der Waals surface area contributed by atoms with E-state index in [0.717, 1.165) is 12.4 Å². The molecule has 0 N–H and O–H groups in total. The Morgan fingerprint density at radius 3 is 2.73 bits per heavy atom. The molecule has 1 fully saturated rings. The van der Waals surface area contributed by atoms with Crippen molar-refractivity contribution in [2.24, 2.45) is 0 Å². The monoisotopic (exact) mass is 208 g/mol. The van der Waals surface area contributed by atoms with E-state index < -0.39 is 6.17 Å². The highest BCUT2D eigenvalue weighted by molar-refractivity contribution is 5.41. The van der Waals surface area contributed by atoms with Crippen molar-refractivity contribution in [2.45, 2.75) is 32.4 Å². The number of halogens is 1. The summed E-state index contributed by atoms with van der Waals surface area (Å²) in [5.74, 6) is 1.40. The number of nitrogens with zero attached hydrogens (tertiary/aromatic N) is 2. The zero-order valence-corrected chi connectivity index (χ0v) is 9.28. The Morgan fingerprint density at radius 1 is 1.47 bits per heavy atom. The minimum Gasteiger partial charge on any atom is -0.354 e. The number of pyridine rings is 1. The molecule has 2 rings (SSSR count). The van der Waals surface area contributed by atoms with Gasteiger partial charge in [0.15, 0.2) is 0 Å². The van der Waals surface area contributed by atoms with Gasteiger partial charge in [0.05, 0.1) is 6.54 Å². The summed E-state index contributed by atoms with van der Waals surface area (Å²) in [5, 5.41) is 0. The van der Waals surface area contributed by atoms with Gasteiger partial charge in [0.25, 0.3) is 0 Å². The van der Waals surface area contributed by atoms with Crippen LogP contribution in [0.2, 0.25) is 0 Å². The van der Waals surface area contributed by atoms with E-state index in [1.807, 2.05) is 17.2 Å². The molecule has 1 saturated heterocycles. The third-order valence-corrected chi connectivity index (χ3v) is 2.89. The molecular weight excluding hydrogens is 191 g/mol. The van der Waals surface area contributed by atoms with Gasteiger partial charge in [0.1, 0.15) is 12.0 Å². The van der Waals surface area contributed by atoms with E-state index in [9.17, 15) is 4.39 Å². The zero-order valence-electron chi connectivity index (χ0n) is 9.28. The topological polar surface area (TPSA) is 16.1 Å². The van der Waals surface area contributed by atoms with Gasteiger partial charge in [-0.2, -0.15) is 0 Å².